The van der Waals surface area contributed by atoms with Gasteiger partial charge >= 0.3 is 0 Å². The van der Waals surface area contributed by atoms with Gasteiger partial charge in [0.05, 0.1) is 6.26 Å². The Balaban J connectivity index is 1.90. The Labute approximate surface area is 130 Å². The third kappa shape index (κ3) is 4.18. The molecule has 21 heavy (non-hydrogen) atoms. The van der Waals surface area contributed by atoms with E-state index >= 15 is 0 Å². The number of hydrogen-bond acceptors (Lipinski definition) is 6. The molecule has 0 aliphatic carbocycles. The summed E-state index contributed by atoms with van der Waals surface area (Å²) in [5, 5.41) is 6.61. The maximum Gasteiger partial charge on any atom is 0.211 e. The first-order chi connectivity index (χ1) is 9.91. The summed E-state index contributed by atoms with van der Waals surface area (Å²) >= 11 is 5.99. The first-order valence-corrected chi connectivity index (χ1v) is 9.01. The molecule has 118 valence electrons. The van der Waals surface area contributed by atoms with Crippen LogP contribution in [0.2, 0.25) is 5.15 Å². The maximum atomic E-state index is 11.5. The van der Waals surface area contributed by atoms with Crippen LogP contribution in [0.4, 0.5) is 11.5 Å². The molecule has 1 aromatic rings. The lowest BCUT2D eigenvalue weighted by molar-refractivity contribution is 0.283. The van der Waals surface area contributed by atoms with Gasteiger partial charge < -0.3 is 10.6 Å². The monoisotopic (exact) mass is 333 g/mol. The van der Waals surface area contributed by atoms with Crippen LogP contribution < -0.4 is 10.6 Å². The van der Waals surface area contributed by atoms with Crippen LogP contribution in [0.15, 0.2) is 6.33 Å². The number of hydrogen-bond donors (Lipinski definition) is 2. The van der Waals surface area contributed by atoms with Crippen molar-refractivity contribution in [2.24, 2.45) is 5.92 Å². The largest absolute Gasteiger partial charge is 0.383 e. The smallest absolute Gasteiger partial charge is 0.211 e. The van der Waals surface area contributed by atoms with Crippen LogP contribution in [0.3, 0.4) is 0 Å². The normalized spacial score (nSPS) is 17.7. The lowest BCUT2D eigenvalue weighted by Gasteiger charge is -2.30. The van der Waals surface area contributed by atoms with E-state index in [4.69, 9.17) is 11.6 Å². The van der Waals surface area contributed by atoms with Crippen molar-refractivity contribution < 1.29 is 8.42 Å². The number of anilines is 2. The summed E-state index contributed by atoms with van der Waals surface area (Å²) in [6, 6.07) is 0. The van der Waals surface area contributed by atoms with Crippen LogP contribution in [0.1, 0.15) is 12.8 Å². The molecule has 0 unspecified atom stereocenters. The molecule has 7 nitrogen and oxygen atoms in total. The molecular weight excluding hydrogens is 314 g/mol. The second kappa shape index (κ2) is 6.76. The molecule has 1 aliphatic heterocycles. The van der Waals surface area contributed by atoms with E-state index in [0.717, 1.165) is 19.4 Å². The number of nitrogens with zero attached hydrogens (tertiary/aromatic N) is 3. The van der Waals surface area contributed by atoms with E-state index in [2.05, 4.69) is 20.6 Å². The fourth-order valence-corrected chi connectivity index (χ4v) is 3.51. The van der Waals surface area contributed by atoms with Gasteiger partial charge in [-0.1, -0.05) is 11.6 Å². The molecule has 1 aliphatic rings. The third-order valence-corrected chi connectivity index (χ3v) is 5.24. The summed E-state index contributed by atoms with van der Waals surface area (Å²) in [5.74, 6) is 1.09. The van der Waals surface area contributed by atoms with Crippen molar-refractivity contribution in [3.63, 3.8) is 0 Å². The molecule has 2 N–H and O–H groups in total. The van der Waals surface area contributed by atoms with E-state index in [0.29, 0.717) is 35.7 Å². The zero-order valence-electron chi connectivity index (χ0n) is 12.1. The third-order valence-electron chi connectivity index (χ3n) is 3.65. The zero-order chi connectivity index (χ0) is 15.5. The first-order valence-electron chi connectivity index (χ1n) is 6.79. The number of nitrogens with one attached hydrogen (secondary N) is 2. The highest BCUT2D eigenvalue weighted by Crippen LogP contribution is 2.26. The SMILES string of the molecule is CNc1c(Cl)ncnc1NCC1CCN(S(C)(=O)=O)CC1. The van der Waals surface area contributed by atoms with E-state index in [-0.39, 0.29) is 0 Å². The zero-order valence-corrected chi connectivity index (χ0v) is 13.7. The van der Waals surface area contributed by atoms with Crippen molar-refractivity contribution in [3.8, 4) is 0 Å². The van der Waals surface area contributed by atoms with Gasteiger partial charge in [0.2, 0.25) is 10.0 Å². The molecule has 0 aromatic carbocycles. The minimum absolute atomic E-state index is 0.377. The Hall–Kier alpha value is -1.12. The molecule has 1 aromatic heterocycles. The average Bonchev–Trinajstić information content (AvgIpc) is 2.44. The van der Waals surface area contributed by atoms with Gasteiger partial charge in [-0.05, 0) is 18.8 Å². The van der Waals surface area contributed by atoms with Crippen LogP contribution >= 0.6 is 11.6 Å². The van der Waals surface area contributed by atoms with Crippen LogP contribution in [0.25, 0.3) is 0 Å². The van der Waals surface area contributed by atoms with Crippen molar-refractivity contribution in [3.05, 3.63) is 11.5 Å². The minimum atomic E-state index is -3.07. The second-order valence-electron chi connectivity index (χ2n) is 5.12. The molecule has 2 heterocycles. The Morgan fingerprint density at radius 1 is 1.38 bits per heavy atom. The summed E-state index contributed by atoms with van der Waals surface area (Å²) in [6.07, 6.45) is 4.35. The molecule has 2 rings (SSSR count). The number of halogens is 1. The maximum absolute atomic E-state index is 11.5. The predicted octanol–water partition coefficient (Wildman–Crippen LogP) is 1.26. The van der Waals surface area contributed by atoms with Gasteiger partial charge in [-0.15, -0.1) is 0 Å². The highest BCUT2D eigenvalue weighted by molar-refractivity contribution is 7.88. The predicted molar refractivity (Wildman–Crippen MR) is 84.2 cm³/mol. The number of rotatable bonds is 5. The van der Waals surface area contributed by atoms with E-state index in [9.17, 15) is 8.42 Å². The number of aromatic nitrogens is 2. The van der Waals surface area contributed by atoms with Gasteiger partial charge in [0.1, 0.15) is 12.0 Å². The Morgan fingerprint density at radius 2 is 2.05 bits per heavy atom. The summed E-state index contributed by atoms with van der Waals surface area (Å²) < 4.78 is 24.5. The molecule has 1 fully saturated rings. The molecule has 0 bridgehead atoms. The average molecular weight is 334 g/mol. The lowest BCUT2D eigenvalue weighted by atomic mass is 9.98. The fraction of sp³-hybridized carbons (Fsp3) is 0.667. The molecule has 0 spiro atoms. The van der Waals surface area contributed by atoms with Gasteiger partial charge in [0, 0.05) is 26.7 Å². The van der Waals surface area contributed by atoms with Crippen molar-refractivity contribution in [1.82, 2.24) is 14.3 Å². The Bertz CT molecular complexity index is 587. The molecule has 0 radical (unpaired) electrons. The van der Waals surface area contributed by atoms with Gasteiger partial charge in [0.25, 0.3) is 0 Å². The summed E-state index contributed by atoms with van der Waals surface area (Å²) in [5.41, 5.74) is 0.674. The molecule has 9 heteroatoms. The van der Waals surface area contributed by atoms with Crippen molar-refractivity contribution in [1.29, 1.82) is 0 Å². The summed E-state index contributed by atoms with van der Waals surface area (Å²) in [6.45, 7) is 1.89. The van der Waals surface area contributed by atoms with Gasteiger partial charge in [-0.2, -0.15) is 0 Å². The molecule has 1 saturated heterocycles. The standard InChI is InChI=1S/C12H20ClN5O2S/c1-14-10-11(13)16-8-17-12(10)15-7-9-3-5-18(6-4-9)21(2,19)20/h8-9,14H,3-7H2,1-2H3,(H,15,16,17). The van der Waals surface area contributed by atoms with Crippen molar-refractivity contribution in [2.45, 2.75) is 12.8 Å². The van der Waals surface area contributed by atoms with Crippen LogP contribution in [-0.4, -0.2) is 55.6 Å². The highest BCUT2D eigenvalue weighted by atomic mass is 35.5. The number of sulfonamides is 1. The molecule has 0 saturated carbocycles. The van der Waals surface area contributed by atoms with Gasteiger partial charge in [-0.3, -0.25) is 0 Å². The lowest BCUT2D eigenvalue weighted by Crippen LogP contribution is -2.39. The fourth-order valence-electron chi connectivity index (χ4n) is 2.41. The van der Waals surface area contributed by atoms with E-state index in [1.807, 2.05) is 0 Å². The number of piperidine rings is 1. The minimum Gasteiger partial charge on any atom is -0.383 e. The Kier molecular flexibility index (Phi) is 5.23. The topological polar surface area (TPSA) is 87.2 Å². The van der Waals surface area contributed by atoms with Gasteiger partial charge in [-0.25, -0.2) is 22.7 Å². The first kappa shape index (κ1) is 16.3. The second-order valence-corrected chi connectivity index (χ2v) is 7.46. The molecular formula is C12H20ClN5O2S. The Morgan fingerprint density at radius 3 is 2.62 bits per heavy atom. The molecule has 0 atom stereocenters. The van der Waals surface area contributed by atoms with Crippen LogP contribution in [-0.2, 0) is 10.0 Å². The van der Waals surface area contributed by atoms with Crippen molar-refractivity contribution in [2.75, 3.05) is 43.6 Å². The summed E-state index contributed by atoms with van der Waals surface area (Å²) in [4.78, 5) is 8.09. The van der Waals surface area contributed by atoms with Crippen molar-refractivity contribution >= 4 is 33.1 Å². The van der Waals surface area contributed by atoms with Gasteiger partial charge in [0.15, 0.2) is 11.0 Å². The van der Waals surface area contributed by atoms with Crippen LogP contribution in [0, 0.1) is 5.92 Å². The molecule has 0 amide bonds. The summed E-state index contributed by atoms with van der Waals surface area (Å²) in [7, 11) is -1.30. The quantitative estimate of drug-likeness (QED) is 0.789. The van der Waals surface area contributed by atoms with E-state index in [1.165, 1.54) is 16.9 Å². The highest BCUT2D eigenvalue weighted by Gasteiger charge is 2.24. The van der Waals surface area contributed by atoms with E-state index < -0.39 is 10.0 Å². The van der Waals surface area contributed by atoms with Crippen LogP contribution in [0.5, 0.6) is 0 Å². The van der Waals surface area contributed by atoms with E-state index in [1.54, 1.807) is 7.05 Å².